The van der Waals surface area contributed by atoms with Gasteiger partial charge in [-0.2, -0.15) is 0 Å². The molecule has 0 radical (unpaired) electrons. The van der Waals surface area contributed by atoms with Gasteiger partial charge >= 0.3 is 0 Å². The summed E-state index contributed by atoms with van der Waals surface area (Å²) in [6.07, 6.45) is 14.7. The number of amides is 3. The molecule has 3 amide bonds. The van der Waals surface area contributed by atoms with E-state index in [0.29, 0.717) is 44.4 Å². The van der Waals surface area contributed by atoms with Crippen LogP contribution in [0.3, 0.4) is 0 Å². The Hall–Kier alpha value is -2.57. The second kappa shape index (κ2) is 10.4. The van der Waals surface area contributed by atoms with Crippen LogP contribution < -0.4 is 10.2 Å². The molecular weight excluding hydrogens is 500 g/mol. The van der Waals surface area contributed by atoms with Crippen LogP contribution in [0.1, 0.15) is 83.5 Å². The van der Waals surface area contributed by atoms with E-state index in [2.05, 4.69) is 27.2 Å². The standard InChI is InChI=1S/C33H46N4O3/c38-29(34-21-24-7-3-1-4-8-24)22-36-23-37(28-9-5-2-6-10-28)33(31(36)40)11-13-35(14-12-33)30(39)32-18-25-15-26(19-32)17-27(16-25)20-32/h2,5-6,9-10,24-27H,1,3-4,7-8,11-23H2,(H,34,38). The summed E-state index contributed by atoms with van der Waals surface area (Å²) in [6, 6.07) is 10.2. The number of nitrogens with zero attached hydrogens (tertiary/aromatic N) is 3. The molecule has 1 spiro atoms. The fourth-order valence-electron chi connectivity index (χ4n) is 9.99. The van der Waals surface area contributed by atoms with Crippen molar-refractivity contribution in [2.45, 2.75) is 89.0 Å². The molecule has 0 atom stereocenters. The molecule has 5 aliphatic carbocycles. The lowest BCUT2D eigenvalue weighted by Crippen LogP contribution is -2.61. The Labute approximate surface area is 239 Å². The summed E-state index contributed by atoms with van der Waals surface area (Å²) in [5.41, 5.74) is 0.186. The van der Waals surface area contributed by atoms with Crippen LogP contribution in [-0.2, 0) is 14.4 Å². The highest BCUT2D eigenvalue weighted by molar-refractivity contribution is 5.96. The van der Waals surface area contributed by atoms with Gasteiger partial charge in [-0.1, -0.05) is 37.5 Å². The lowest BCUT2D eigenvalue weighted by atomic mass is 9.49. The van der Waals surface area contributed by atoms with Crippen LogP contribution in [0.25, 0.3) is 0 Å². The largest absolute Gasteiger partial charge is 0.354 e. The molecule has 2 aliphatic heterocycles. The molecule has 1 aromatic carbocycles. The van der Waals surface area contributed by atoms with Crippen molar-refractivity contribution >= 4 is 23.4 Å². The normalized spacial score (nSPS) is 33.1. The fraction of sp³-hybridized carbons (Fsp3) is 0.727. The monoisotopic (exact) mass is 546 g/mol. The molecule has 7 nitrogen and oxygen atoms in total. The Kier molecular flexibility index (Phi) is 6.82. The molecule has 7 aliphatic rings. The molecule has 7 heteroatoms. The van der Waals surface area contributed by atoms with Gasteiger partial charge in [0.05, 0.1) is 12.1 Å². The summed E-state index contributed by atoms with van der Waals surface area (Å²) in [7, 11) is 0. The molecule has 5 saturated carbocycles. The number of anilines is 1. The summed E-state index contributed by atoms with van der Waals surface area (Å²) < 4.78 is 0. The average molecular weight is 547 g/mol. The predicted octanol–water partition coefficient (Wildman–Crippen LogP) is 4.57. The molecule has 216 valence electrons. The van der Waals surface area contributed by atoms with Gasteiger partial charge in [0.2, 0.25) is 11.8 Å². The van der Waals surface area contributed by atoms with Crippen LogP contribution in [0.2, 0.25) is 0 Å². The summed E-state index contributed by atoms with van der Waals surface area (Å²) in [4.78, 5) is 47.2. The van der Waals surface area contributed by atoms with Crippen molar-refractivity contribution in [2.75, 3.05) is 37.7 Å². The zero-order chi connectivity index (χ0) is 27.3. The lowest BCUT2D eigenvalue weighted by Gasteiger charge is -2.57. The summed E-state index contributed by atoms with van der Waals surface area (Å²) in [5, 5.41) is 3.13. The first kappa shape index (κ1) is 26.3. The van der Waals surface area contributed by atoms with E-state index < -0.39 is 5.54 Å². The van der Waals surface area contributed by atoms with Crippen molar-refractivity contribution in [3.8, 4) is 0 Å². The average Bonchev–Trinajstić information content (AvgIpc) is 3.22. The number of likely N-dealkylation sites (tertiary alicyclic amines) is 1. The number of benzene rings is 1. The quantitative estimate of drug-likeness (QED) is 0.568. The predicted molar refractivity (Wildman–Crippen MR) is 154 cm³/mol. The first-order valence-electron chi connectivity index (χ1n) is 16.1. The third-order valence-corrected chi connectivity index (χ3v) is 11.6. The van der Waals surface area contributed by atoms with E-state index >= 15 is 0 Å². The van der Waals surface area contributed by atoms with Gasteiger partial charge in [-0.15, -0.1) is 0 Å². The van der Waals surface area contributed by atoms with E-state index in [0.717, 1.165) is 49.2 Å². The van der Waals surface area contributed by atoms with Gasteiger partial charge in [-0.3, -0.25) is 14.4 Å². The van der Waals surface area contributed by atoms with Gasteiger partial charge in [0.15, 0.2) is 0 Å². The summed E-state index contributed by atoms with van der Waals surface area (Å²) >= 11 is 0. The number of para-hydroxylation sites is 1. The second-order valence-electron chi connectivity index (χ2n) is 14.2. The Bertz CT molecular complexity index is 1090. The molecule has 40 heavy (non-hydrogen) atoms. The molecule has 2 saturated heterocycles. The lowest BCUT2D eigenvalue weighted by molar-refractivity contribution is -0.160. The highest BCUT2D eigenvalue weighted by Gasteiger charge is 2.58. The minimum atomic E-state index is -0.691. The molecule has 1 aromatic rings. The van der Waals surface area contributed by atoms with Crippen molar-refractivity contribution in [3.63, 3.8) is 0 Å². The SMILES string of the molecule is O=C(CN1CN(c2ccccc2)C2(CCN(C(=O)C34CC5CC(CC(C5)C3)C4)CC2)C1=O)NCC1CCCCC1. The van der Waals surface area contributed by atoms with E-state index in [1.54, 1.807) is 4.90 Å². The van der Waals surface area contributed by atoms with Gasteiger partial charge in [0, 0.05) is 25.3 Å². The van der Waals surface area contributed by atoms with Crippen LogP contribution in [-0.4, -0.2) is 65.9 Å². The Morgan fingerprint density at radius 2 is 1.50 bits per heavy atom. The third kappa shape index (κ3) is 4.61. The van der Waals surface area contributed by atoms with Gasteiger partial charge in [-0.05, 0) is 100 Å². The van der Waals surface area contributed by atoms with Crippen molar-refractivity contribution in [1.29, 1.82) is 0 Å². The van der Waals surface area contributed by atoms with E-state index in [1.165, 1.54) is 51.4 Å². The van der Waals surface area contributed by atoms with Gasteiger partial charge in [-0.25, -0.2) is 0 Å². The number of piperidine rings is 1. The van der Waals surface area contributed by atoms with Crippen molar-refractivity contribution in [3.05, 3.63) is 30.3 Å². The molecule has 0 unspecified atom stereocenters. The minimum absolute atomic E-state index is 0.0473. The number of carbonyl (C=O) groups is 3. The maximum Gasteiger partial charge on any atom is 0.250 e. The van der Waals surface area contributed by atoms with Crippen LogP contribution in [0.5, 0.6) is 0 Å². The Morgan fingerprint density at radius 1 is 0.875 bits per heavy atom. The number of rotatable bonds is 6. The number of carbonyl (C=O) groups excluding carboxylic acids is 3. The summed E-state index contributed by atoms with van der Waals surface area (Å²) in [5.74, 6) is 3.16. The second-order valence-corrected chi connectivity index (χ2v) is 14.2. The summed E-state index contributed by atoms with van der Waals surface area (Å²) in [6.45, 7) is 2.49. The van der Waals surface area contributed by atoms with E-state index in [9.17, 15) is 14.4 Å². The molecule has 8 rings (SSSR count). The maximum atomic E-state index is 14.1. The third-order valence-electron chi connectivity index (χ3n) is 11.6. The maximum absolute atomic E-state index is 14.1. The van der Waals surface area contributed by atoms with Gasteiger partial charge < -0.3 is 20.0 Å². The fourth-order valence-corrected chi connectivity index (χ4v) is 9.99. The first-order chi connectivity index (χ1) is 19.4. The van der Waals surface area contributed by atoms with Gasteiger partial charge in [0.1, 0.15) is 12.1 Å². The number of hydrogen-bond donors (Lipinski definition) is 1. The number of nitrogens with one attached hydrogen (secondary N) is 1. The molecule has 1 N–H and O–H groups in total. The van der Waals surface area contributed by atoms with Crippen LogP contribution >= 0.6 is 0 Å². The van der Waals surface area contributed by atoms with Crippen LogP contribution in [0, 0.1) is 29.1 Å². The van der Waals surface area contributed by atoms with E-state index in [1.807, 2.05) is 18.2 Å². The van der Waals surface area contributed by atoms with Crippen LogP contribution in [0.4, 0.5) is 5.69 Å². The zero-order valence-corrected chi connectivity index (χ0v) is 24.0. The van der Waals surface area contributed by atoms with Gasteiger partial charge in [0.25, 0.3) is 5.91 Å². The molecule has 4 bridgehead atoms. The zero-order valence-electron chi connectivity index (χ0n) is 24.0. The highest BCUT2D eigenvalue weighted by Crippen LogP contribution is 2.60. The molecule has 2 heterocycles. The Balaban J connectivity index is 1.04. The Morgan fingerprint density at radius 3 is 2.12 bits per heavy atom. The van der Waals surface area contributed by atoms with Crippen molar-refractivity contribution in [1.82, 2.24) is 15.1 Å². The molecular formula is C33H46N4O3. The minimum Gasteiger partial charge on any atom is -0.354 e. The molecule has 0 aromatic heterocycles. The van der Waals surface area contributed by atoms with Crippen molar-refractivity contribution in [2.24, 2.45) is 29.1 Å². The smallest absolute Gasteiger partial charge is 0.250 e. The first-order valence-corrected chi connectivity index (χ1v) is 16.1. The van der Waals surface area contributed by atoms with E-state index in [-0.39, 0.29) is 23.8 Å². The topological polar surface area (TPSA) is 73.0 Å². The highest BCUT2D eigenvalue weighted by atomic mass is 16.2. The van der Waals surface area contributed by atoms with E-state index in [4.69, 9.17) is 0 Å². The van der Waals surface area contributed by atoms with Crippen LogP contribution in [0.15, 0.2) is 30.3 Å². The van der Waals surface area contributed by atoms with Crippen molar-refractivity contribution < 1.29 is 14.4 Å². The molecule has 7 fully saturated rings. The number of hydrogen-bond acceptors (Lipinski definition) is 4.